The van der Waals surface area contributed by atoms with Gasteiger partial charge in [-0.2, -0.15) is 13.2 Å². The molecule has 6 heteroatoms. The Balaban J connectivity index is 1.84. The molecule has 3 nitrogen and oxygen atoms in total. The summed E-state index contributed by atoms with van der Waals surface area (Å²) < 4.78 is 42.2. The van der Waals surface area contributed by atoms with Gasteiger partial charge in [-0.05, 0) is 40.6 Å². The normalized spacial score (nSPS) is 12.1. The quantitative estimate of drug-likeness (QED) is 0.377. The topological polar surface area (TPSA) is 48.0 Å². The molecule has 0 spiro atoms. The number of hydrogen-bond donors (Lipinski definition) is 1. The molecule has 5 rings (SSSR count). The molecule has 31 heavy (non-hydrogen) atoms. The van der Waals surface area contributed by atoms with Crippen molar-refractivity contribution >= 4 is 38.5 Å². The van der Waals surface area contributed by atoms with Crippen molar-refractivity contribution in [3.8, 4) is 0 Å². The highest BCUT2D eigenvalue weighted by atomic mass is 19.4. The largest absolute Gasteiger partial charge is 0.416 e. The van der Waals surface area contributed by atoms with Gasteiger partial charge < -0.3 is 10.3 Å². The van der Waals surface area contributed by atoms with Crippen LogP contribution in [0.25, 0.3) is 32.6 Å². The molecule has 4 aromatic carbocycles. The van der Waals surface area contributed by atoms with Crippen molar-refractivity contribution in [2.75, 3.05) is 0 Å². The number of alkyl halides is 3. The zero-order chi connectivity index (χ0) is 21.8. The second-order valence-corrected chi connectivity index (χ2v) is 7.52. The van der Waals surface area contributed by atoms with Crippen molar-refractivity contribution in [1.29, 1.82) is 0 Å². The second kappa shape index (κ2) is 6.87. The maximum absolute atomic E-state index is 13.5. The number of rotatable bonds is 3. The molecule has 1 heterocycles. The molecular formula is C25H17F3N2O. The third kappa shape index (κ3) is 3.11. The van der Waals surface area contributed by atoms with E-state index in [2.05, 4.69) is 0 Å². The Morgan fingerprint density at radius 1 is 0.839 bits per heavy atom. The summed E-state index contributed by atoms with van der Waals surface area (Å²) in [6.45, 7) is 0.352. The number of nitrogens with zero attached hydrogens (tertiary/aromatic N) is 1. The molecule has 0 bridgehead atoms. The van der Waals surface area contributed by atoms with Crippen LogP contribution < -0.4 is 5.73 Å². The first kappa shape index (κ1) is 19.2. The summed E-state index contributed by atoms with van der Waals surface area (Å²) in [6, 6.07) is 22.5. The first-order valence-electron chi connectivity index (χ1n) is 9.73. The van der Waals surface area contributed by atoms with E-state index in [0.29, 0.717) is 33.9 Å². The smallest absolute Gasteiger partial charge is 0.366 e. The Bertz CT molecular complexity index is 1480. The Morgan fingerprint density at radius 2 is 1.58 bits per heavy atom. The summed E-state index contributed by atoms with van der Waals surface area (Å²) in [5, 5.41) is 3.21. The zero-order valence-corrected chi connectivity index (χ0v) is 16.3. The van der Waals surface area contributed by atoms with E-state index in [-0.39, 0.29) is 0 Å². The summed E-state index contributed by atoms with van der Waals surface area (Å²) >= 11 is 0. The predicted octanol–water partition coefficient (Wildman–Crippen LogP) is 6.11. The molecule has 0 radical (unpaired) electrons. The predicted molar refractivity (Wildman–Crippen MR) is 116 cm³/mol. The molecule has 5 aromatic rings. The van der Waals surface area contributed by atoms with Gasteiger partial charge in [0.2, 0.25) is 5.91 Å². The summed E-state index contributed by atoms with van der Waals surface area (Å²) in [5.41, 5.74) is 7.18. The van der Waals surface area contributed by atoms with E-state index >= 15 is 0 Å². The van der Waals surface area contributed by atoms with E-state index in [9.17, 15) is 18.0 Å². The van der Waals surface area contributed by atoms with Gasteiger partial charge in [0.1, 0.15) is 0 Å². The minimum absolute atomic E-state index is 0.291. The van der Waals surface area contributed by atoms with Gasteiger partial charge >= 0.3 is 6.18 Å². The zero-order valence-electron chi connectivity index (χ0n) is 16.3. The van der Waals surface area contributed by atoms with Crippen LogP contribution in [0, 0.1) is 0 Å². The van der Waals surface area contributed by atoms with E-state index in [1.165, 1.54) is 6.07 Å². The summed E-state index contributed by atoms with van der Waals surface area (Å²) in [7, 11) is 0. The van der Waals surface area contributed by atoms with Gasteiger partial charge in [-0.1, -0.05) is 54.6 Å². The fraction of sp³-hybridized carbons (Fsp3) is 0.0800. The van der Waals surface area contributed by atoms with E-state index < -0.39 is 17.6 Å². The first-order chi connectivity index (χ1) is 14.8. The third-order valence-electron chi connectivity index (χ3n) is 5.69. The van der Waals surface area contributed by atoms with Crippen molar-refractivity contribution in [1.82, 2.24) is 4.57 Å². The Morgan fingerprint density at radius 3 is 2.35 bits per heavy atom. The van der Waals surface area contributed by atoms with Crippen molar-refractivity contribution in [3.63, 3.8) is 0 Å². The van der Waals surface area contributed by atoms with E-state index in [1.807, 2.05) is 47.0 Å². The number of benzene rings is 4. The molecule has 0 unspecified atom stereocenters. The minimum atomic E-state index is -4.47. The second-order valence-electron chi connectivity index (χ2n) is 7.52. The fourth-order valence-corrected chi connectivity index (χ4v) is 4.30. The number of carbonyl (C=O) groups excluding carboxylic acids is 1. The van der Waals surface area contributed by atoms with Crippen molar-refractivity contribution < 1.29 is 18.0 Å². The van der Waals surface area contributed by atoms with Gasteiger partial charge in [0.25, 0.3) is 0 Å². The standard InChI is InChI=1S/C25H17F3N2O/c26-25(27,28)17-11-12-19-22(13-17)30(21-10-4-9-20(23(19)21)24(29)31)14-16-7-3-6-15-5-1-2-8-18(15)16/h1-13H,14H2,(H2,29,31). The number of primary amides is 1. The number of halogens is 3. The molecule has 2 N–H and O–H groups in total. The van der Waals surface area contributed by atoms with Gasteiger partial charge in [-0.3, -0.25) is 4.79 Å². The van der Waals surface area contributed by atoms with Crippen LogP contribution in [0.3, 0.4) is 0 Å². The highest BCUT2D eigenvalue weighted by molar-refractivity contribution is 6.18. The van der Waals surface area contributed by atoms with E-state index in [1.54, 1.807) is 18.2 Å². The maximum atomic E-state index is 13.5. The van der Waals surface area contributed by atoms with Crippen LogP contribution in [0.5, 0.6) is 0 Å². The number of hydrogen-bond acceptors (Lipinski definition) is 1. The van der Waals surface area contributed by atoms with Gasteiger partial charge in [0.05, 0.1) is 16.6 Å². The summed E-state index contributed by atoms with van der Waals surface area (Å²) in [6.07, 6.45) is -4.47. The van der Waals surface area contributed by atoms with Crippen molar-refractivity contribution in [2.24, 2.45) is 5.73 Å². The SMILES string of the molecule is NC(=O)c1cccc2c1c1ccc(C(F)(F)F)cc1n2Cc1cccc2ccccc12. The van der Waals surface area contributed by atoms with Crippen molar-refractivity contribution in [3.05, 3.63) is 95.6 Å². The van der Waals surface area contributed by atoms with Gasteiger partial charge in [0, 0.05) is 22.9 Å². The number of fused-ring (bicyclic) bond motifs is 4. The van der Waals surface area contributed by atoms with E-state index in [0.717, 1.165) is 28.5 Å². The number of nitrogens with two attached hydrogens (primary N) is 1. The molecule has 0 aliphatic carbocycles. The summed E-state index contributed by atoms with van der Waals surface area (Å²) in [4.78, 5) is 12.1. The highest BCUT2D eigenvalue weighted by Gasteiger charge is 2.31. The van der Waals surface area contributed by atoms with Crippen LogP contribution in [-0.2, 0) is 12.7 Å². The lowest BCUT2D eigenvalue weighted by molar-refractivity contribution is -0.137. The fourth-order valence-electron chi connectivity index (χ4n) is 4.30. The van der Waals surface area contributed by atoms with Gasteiger partial charge in [-0.15, -0.1) is 0 Å². The lowest BCUT2D eigenvalue weighted by atomic mass is 10.0. The van der Waals surface area contributed by atoms with Crippen LogP contribution in [-0.4, -0.2) is 10.5 Å². The molecule has 0 aliphatic rings. The molecule has 1 aromatic heterocycles. The Kier molecular flexibility index (Phi) is 4.25. The number of aromatic nitrogens is 1. The molecule has 0 atom stereocenters. The lowest BCUT2D eigenvalue weighted by Crippen LogP contribution is -2.11. The molecule has 0 saturated carbocycles. The Hall–Kier alpha value is -3.80. The van der Waals surface area contributed by atoms with Gasteiger partial charge in [-0.25, -0.2) is 0 Å². The maximum Gasteiger partial charge on any atom is 0.416 e. The molecule has 0 saturated heterocycles. The average molecular weight is 418 g/mol. The number of carbonyl (C=O) groups is 1. The van der Waals surface area contributed by atoms with Gasteiger partial charge in [0.15, 0.2) is 0 Å². The minimum Gasteiger partial charge on any atom is -0.366 e. The van der Waals surface area contributed by atoms with Crippen LogP contribution >= 0.6 is 0 Å². The Labute approximate surface area is 175 Å². The van der Waals surface area contributed by atoms with E-state index in [4.69, 9.17) is 5.73 Å². The third-order valence-corrected chi connectivity index (χ3v) is 5.69. The van der Waals surface area contributed by atoms with Crippen LogP contribution in [0.4, 0.5) is 13.2 Å². The molecule has 0 aliphatic heterocycles. The highest BCUT2D eigenvalue weighted by Crippen LogP contribution is 2.37. The average Bonchev–Trinajstić information content (AvgIpc) is 3.06. The first-order valence-corrected chi connectivity index (χ1v) is 9.73. The molecular weight excluding hydrogens is 401 g/mol. The monoisotopic (exact) mass is 418 g/mol. The van der Waals surface area contributed by atoms with Crippen LogP contribution in [0.1, 0.15) is 21.5 Å². The molecule has 154 valence electrons. The van der Waals surface area contributed by atoms with Crippen molar-refractivity contribution in [2.45, 2.75) is 12.7 Å². The molecule has 0 fully saturated rings. The lowest BCUT2D eigenvalue weighted by Gasteiger charge is -2.12. The van der Waals surface area contributed by atoms with Crippen LogP contribution in [0.2, 0.25) is 0 Å². The number of amides is 1. The van der Waals surface area contributed by atoms with Crippen LogP contribution in [0.15, 0.2) is 78.9 Å². The summed E-state index contributed by atoms with van der Waals surface area (Å²) in [5.74, 6) is -0.616. The molecule has 1 amide bonds.